The maximum absolute atomic E-state index is 12.0. The van der Waals surface area contributed by atoms with Crippen molar-refractivity contribution >= 4 is 40.2 Å². The number of urea groups is 1. The number of hydrogen-bond donors (Lipinski definition) is 2. The van der Waals surface area contributed by atoms with E-state index < -0.39 is 18.0 Å². The number of thioether (sulfide) groups is 1. The lowest BCUT2D eigenvalue weighted by Crippen LogP contribution is -2.43. The van der Waals surface area contributed by atoms with Gasteiger partial charge in [-0.3, -0.25) is 5.32 Å². The third kappa shape index (κ3) is 2.59. The molecular formula is C10H13N3O3S2. The number of thiazole rings is 1. The number of aliphatic carboxylic acids is 1. The molecule has 2 N–H and O–H groups in total. The Labute approximate surface area is 112 Å². The van der Waals surface area contributed by atoms with Crippen LogP contribution in [-0.2, 0) is 4.79 Å². The number of amides is 2. The summed E-state index contributed by atoms with van der Waals surface area (Å²) in [7, 11) is 0. The van der Waals surface area contributed by atoms with Gasteiger partial charge in [-0.2, -0.15) is 0 Å². The number of rotatable bonds is 2. The Morgan fingerprint density at radius 1 is 1.50 bits per heavy atom. The normalized spacial score (nSPS) is 19.0. The number of nitrogens with zero attached hydrogens (tertiary/aromatic N) is 2. The van der Waals surface area contributed by atoms with Gasteiger partial charge in [0.1, 0.15) is 6.04 Å². The maximum Gasteiger partial charge on any atom is 0.327 e. The van der Waals surface area contributed by atoms with Gasteiger partial charge in [-0.05, 0) is 13.8 Å². The van der Waals surface area contributed by atoms with Crippen molar-refractivity contribution in [3.63, 3.8) is 0 Å². The standard InChI is InChI=1S/C10H13N3O3S2/c1-5-6(2)18-9(11-5)12-10(16)13-4-17-3-7(13)8(14)15/h7H,3-4H2,1-2H3,(H,14,15)(H,11,12,16)/t7-/m0/s1. The molecule has 1 aromatic heterocycles. The molecule has 1 fully saturated rings. The van der Waals surface area contributed by atoms with Crippen LogP contribution >= 0.6 is 23.1 Å². The second kappa shape index (κ2) is 5.15. The molecule has 1 aliphatic rings. The van der Waals surface area contributed by atoms with E-state index >= 15 is 0 Å². The Kier molecular flexibility index (Phi) is 3.76. The molecule has 0 bridgehead atoms. The van der Waals surface area contributed by atoms with E-state index in [1.54, 1.807) is 0 Å². The van der Waals surface area contributed by atoms with Crippen LogP contribution < -0.4 is 5.32 Å². The van der Waals surface area contributed by atoms with Gasteiger partial charge in [-0.1, -0.05) is 0 Å². The zero-order chi connectivity index (χ0) is 13.3. The first kappa shape index (κ1) is 13.2. The number of anilines is 1. The number of aromatic nitrogens is 1. The number of carbonyl (C=O) groups excluding carboxylic acids is 1. The van der Waals surface area contributed by atoms with Crippen LogP contribution in [0.3, 0.4) is 0 Å². The van der Waals surface area contributed by atoms with Gasteiger partial charge < -0.3 is 10.0 Å². The highest BCUT2D eigenvalue weighted by molar-refractivity contribution is 7.99. The summed E-state index contributed by atoms with van der Waals surface area (Å²) in [6.45, 7) is 3.79. The van der Waals surface area contributed by atoms with Gasteiger partial charge in [0.15, 0.2) is 5.13 Å². The molecule has 8 heteroatoms. The zero-order valence-corrected chi connectivity index (χ0v) is 11.6. The first-order valence-electron chi connectivity index (χ1n) is 5.31. The summed E-state index contributed by atoms with van der Waals surface area (Å²) in [5.41, 5.74) is 0.876. The Hall–Kier alpha value is -1.28. The number of carbonyl (C=O) groups is 2. The number of aryl methyl sites for hydroxylation is 2. The Morgan fingerprint density at radius 3 is 2.78 bits per heavy atom. The SMILES string of the molecule is Cc1nc(NC(=O)N2CSC[C@H]2C(=O)O)sc1C. The Morgan fingerprint density at radius 2 is 2.22 bits per heavy atom. The third-order valence-electron chi connectivity index (χ3n) is 2.67. The van der Waals surface area contributed by atoms with Gasteiger partial charge >= 0.3 is 12.0 Å². The van der Waals surface area contributed by atoms with E-state index in [4.69, 9.17) is 5.11 Å². The van der Waals surface area contributed by atoms with Crippen LogP contribution in [0.15, 0.2) is 0 Å². The first-order chi connectivity index (χ1) is 8.49. The van der Waals surface area contributed by atoms with E-state index in [0.717, 1.165) is 10.6 Å². The minimum atomic E-state index is -0.971. The van der Waals surface area contributed by atoms with Crippen LogP contribution in [0, 0.1) is 13.8 Å². The van der Waals surface area contributed by atoms with Crippen LogP contribution in [0.4, 0.5) is 9.93 Å². The number of carboxylic acids is 1. The van der Waals surface area contributed by atoms with Gasteiger partial charge in [-0.25, -0.2) is 14.6 Å². The smallest absolute Gasteiger partial charge is 0.327 e. The molecule has 1 atom stereocenters. The molecule has 1 aromatic rings. The second-order valence-corrected chi connectivity index (χ2v) is 6.12. The van der Waals surface area contributed by atoms with E-state index in [9.17, 15) is 9.59 Å². The lowest BCUT2D eigenvalue weighted by atomic mass is 10.3. The van der Waals surface area contributed by atoms with Gasteiger partial charge in [0, 0.05) is 10.6 Å². The molecule has 0 unspecified atom stereocenters. The lowest BCUT2D eigenvalue weighted by Gasteiger charge is -2.19. The van der Waals surface area contributed by atoms with Crippen molar-refractivity contribution in [1.82, 2.24) is 9.88 Å². The molecule has 6 nitrogen and oxygen atoms in total. The molecule has 18 heavy (non-hydrogen) atoms. The highest BCUT2D eigenvalue weighted by atomic mass is 32.2. The molecule has 1 saturated heterocycles. The topological polar surface area (TPSA) is 82.5 Å². The molecule has 0 radical (unpaired) electrons. The second-order valence-electron chi connectivity index (χ2n) is 3.91. The predicted molar refractivity (Wildman–Crippen MR) is 71.2 cm³/mol. The van der Waals surface area contributed by atoms with Gasteiger partial charge in [0.25, 0.3) is 0 Å². The molecule has 1 aliphatic heterocycles. The van der Waals surface area contributed by atoms with E-state index in [-0.39, 0.29) is 0 Å². The van der Waals surface area contributed by atoms with Crippen LogP contribution in [0.25, 0.3) is 0 Å². The average Bonchev–Trinajstić information content (AvgIpc) is 2.86. The molecule has 0 aliphatic carbocycles. The summed E-state index contributed by atoms with van der Waals surface area (Å²) in [4.78, 5) is 29.5. The van der Waals surface area contributed by atoms with Crippen molar-refractivity contribution in [1.29, 1.82) is 0 Å². The highest BCUT2D eigenvalue weighted by Crippen LogP contribution is 2.25. The van der Waals surface area contributed by atoms with E-state index in [2.05, 4.69) is 10.3 Å². The fraction of sp³-hybridized carbons (Fsp3) is 0.500. The largest absolute Gasteiger partial charge is 0.480 e. The summed E-state index contributed by atoms with van der Waals surface area (Å²) < 4.78 is 0. The summed E-state index contributed by atoms with van der Waals surface area (Å²) in [6.07, 6.45) is 0. The van der Waals surface area contributed by atoms with Crippen LogP contribution in [0.2, 0.25) is 0 Å². The van der Waals surface area contributed by atoms with Gasteiger partial charge in [-0.15, -0.1) is 23.1 Å². The number of carboxylic acid groups (broad SMARTS) is 1. The molecule has 0 spiro atoms. The zero-order valence-electron chi connectivity index (χ0n) is 9.97. The average molecular weight is 287 g/mol. The summed E-state index contributed by atoms with van der Waals surface area (Å²) in [6, 6.07) is -1.15. The summed E-state index contributed by atoms with van der Waals surface area (Å²) in [5, 5.41) is 12.2. The van der Waals surface area contributed by atoms with Crippen molar-refractivity contribution in [2.24, 2.45) is 0 Å². The van der Waals surface area contributed by atoms with Crippen LogP contribution in [0.1, 0.15) is 10.6 Å². The first-order valence-corrected chi connectivity index (χ1v) is 7.28. The lowest BCUT2D eigenvalue weighted by molar-refractivity contribution is -0.140. The predicted octanol–water partition coefficient (Wildman–Crippen LogP) is 1.75. The molecular weight excluding hydrogens is 274 g/mol. The van der Waals surface area contributed by atoms with Crippen LogP contribution in [0.5, 0.6) is 0 Å². The fourth-order valence-corrected chi connectivity index (χ4v) is 3.49. The summed E-state index contributed by atoms with van der Waals surface area (Å²) in [5.74, 6) is -0.146. The number of nitrogens with one attached hydrogen (secondary N) is 1. The molecule has 2 rings (SSSR count). The van der Waals surface area contributed by atoms with Crippen molar-refractivity contribution in [2.75, 3.05) is 16.9 Å². The highest BCUT2D eigenvalue weighted by Gasteiger charge is 2.34. The van der Waals surface area contributed by atoms with Crippen molar-refractivity contribution in [2.45, 2.75) is 19.9 Å². The molecule has 2 amide bonds. The minimum Gasteiger partial charge on any atom is -0.480 e. The third-order valence-corrected chi connectivity index (χ3v) is 4.67. The number of hydrogen-bond acceptors (Lipinski definition) is 5. The maximum atomic E-state index is 12.0. The monoisotopic (exact) mass is 287 g/mol. The summed E-state index contributed by atoms with van der Waals surface area (Å²) >= 11 is 2.82. The van der Waals surface area contributed by atoms with Crippen molar-refractivity contribution in [3.8, 4) is 0 Å². The Bertz CT molecular complexity index is 469. The molecule has 98 valence electrons. The quantitative estimate of drug-likeness (QED) is 0.866. The fourth-order valence-electron chi connectivity index (χ4n) is 1.54. The van der Waals surface area contributed by atoms with E-state index in [1.165, 1.54) is 28.0 Å². The Balaban J connectivity index is 2.05. The van der Waals surface area contributed by atoms with E-state index in [1.807, 2.05) is 13.8 Å². The van der Waals surface area contributed by atoms with Gasteiger partial charge in [0.05, 0.1) is 11.6 Å². The van der Waals surface area contributed by atoms with Crippen molar-refractivity contribution in [3.05, 3.63) is 10.6 Å². The van der Waals surface area contributed by atoms with E-state index in [0.29, 0.717) is 16.8 Å². The molecule has 0 aromatic carbocycles. The van der Waals surface area contributed by atoms with Crippen LogP contribution in [-0.4, -0.2) is 44.7 Å². The molecule has 0 saturated carbocycles. The van der Waals surface area contributed by atoms with Crippen molar-refractivity contribution < 1.29 is 14.7 Å². The molecule has 2 heterocycles. The minimum absolute atomic E-state index is 0.395. The van der Waals surface area contributed by atoms with Gasteiger partial charge in [0.2, 0.25) is 0 Å².